The Balaban J connectivity index is 1.43. The first kappa shape index (κ1) is 24.9. The van der Waals surface area contributed by atoms with Gasteiger partial charge in [-0.25, -0.2) is 0 Å². The fourth-order valence-electron chi connectivity index (χ4n) is 5.11. The van der Waals surface area contributed by atoms with Crippen LogP contribution >= 0.6 is 11.3 Å². The molecule has 190 valence electrons. The summed E-state index contributed by atoms with van der Waals surface area (Å²) in [6.45, 7) is 4.42. The molecule has 0 atom stereocenters. The predicted molar refractivity (Wildman–Crippen MR) is 139 cm³/mol. The Morgan fingerprint density at radius 1 is 1.03 bits per heavy atom. The van der Waals surface area contributed by atoms with Crippen LogP contribution < -0.4 is 10.5 Å². The molecule has 0 unspecified atom stereocenters. The second kappa shape index (κ2) is 10.7. The molecule has 1 saturated carbocycles. The third-order valence-electron chi connectivity index (χ3n) is 7.07. The number of rotatable bonds is 5. The highest BCUT2D eigenvalue weighted by atomic mass is 32.1. The van der Waals surface area contributed by atoms with Crippen molar-refractivity contribution >= 4 is 38.7 Å². The maximum absolute atomic E-state index is 13.6. The van der Waals surface area contributed by atoms with Crippen LogP contribution in [-0.2, 0) is 6.18 Å². The number of hydrogen-bond donors (Lipinski definition) is 0. The van der Waals surface area contributed by atoms with Crippen LogP contribution in [0.3, 0.4) is 0 Å². The standard InChI is InChI=1S/C27H29F3N4OS/c28-27(29,30)21-16-20(9-10-22-8-4-5-11-31-22)24-23(17-21)25(35)32-26(36-24)34-14-12-33(13-15-34)18-19-6-2-1-3-7-19/h4-5,8-11,16-17,19H,1-3,6-7,12-15,18H2/b10-9+. The van der Waals surface area contributed by atoms with Crippen LogP contribution in [0.4, 0.5) is 18.3 Å². The first-order valence-corrected chi connectivity index (χ1v) is 13.3. The summed E-state index contributed by atoms with van der Waals surface area (Å²) >= 11 is 1.28. The lowest BCUT2D eigenvalue weighted by Crippen LogP contribution is -2.48. The van der Waals surface area contributed by atoms with Crippen molar-refractivity contribution in [2.45, 2.75) is 38.3 Å². The predicted octanol–water partition coefficient (Wildman–Crippen LogP) is 5.94. The van der Waals surface area contributed by atoms with Gasteiger partial charge in [0.05, 0.1) is 21.3 Å². The van der Waals surface area contributed by atoms with Crippen molar-refractivity contribution in [3.63, 3.8) is 0 Å². The number of aromatic nitrogens is 2. The van der Waals surface area contributed by atoms with Gasteiger partial charge < -0.3 is 4.90 Å². The zero-order chi connectivity index (χ0) is 25.1. The maximum atomic E-state index is 13.6. The van der Waals surface area contributed by atoms with Gasteiger partial charge in [0.15, 0.2) is 5.13 Å². The number of fused-ring (bicyclic) bond motifs is 1. The Hall–Kier alpha value is -2.78. The van der Waals surface area contributed by atoms with Gasteiger partial charge in [-0.3, -0.25) is 14.7 Å². The highest BCUT2D eigenvalue weighted by Gasteiger charge is 2.32. The summed E-state index contributed by atoms with van der Waals surface area (Å²) in [6.07, 6.45) is 6.94. The molecule has 1 aliphatic carbocycles. The van der Waals surface area contributed by atoms with Crippen LogP contribution in [0.5, 0.6) is 0 Å². The van der Waals surface area contributed by atoms with Crippen molar-refractivity contribution in [1.29, 1.82) is 0 Å². The fourth-order valence-corrected chi connectivity index (χ4v) is 6.24. The largest absolute Gasteiger partial charge is 0.416 e. The van der Waals surface area contributed by atoms with Crippen LogP contribution in [0.2, 0.25) is 0 Å². The molecular weight excluding hydrogens is 485 g/mol. The Bertz CT molecular complexity index is 1280. The molecule has 2 fully saturated rings. The number of benzene rings is 1. The highest BCUT2D eigenvalue weighted by Crippen LogP contribution is 2.36. The lowest BCUT2D eigenvalue weighted by molar-refractivity contribution is -0.137. The van der Waals surface area contributed by atoms with Gasteiger partial charge in [-0.15, -0.1) is 0 Å². The topological polar surface area (TPSA) is 49.3 Å². The van der Waals surface area contributed by atoms with E-state index >= 15 is 0 Å². The third-order valence-corrected chi connectivity index (χ3v) is 8.26. The number of piperazine rings is 1. The number of hydrogen-bond acceptors (Lipinski definition) is 6. The normalized spacial score (nSPS) is 18.4. The van der Waals surface area contributed by atoms with Crippen molar-refractivity contribution in [2.24, 2.45) is 5.92 Å². The van der Waals surface area contributed by atoms with Gasteiger partial charge in [-0.05, 0) is 54.7 Å². The van der Waals surface area contributed by atoms with Crippen molar-refractivity contribution in [2.75, 3.05) is 37.6 Å². The monoisotopic (exact) mass is 514 g/mol. The molecule has 0 bridgehead atoms. The second-order valence-corrected chi connectivity index (χ2v) is 10.6. The summed E-state index contributed by atoms with van der Waals surface area (Å²) < 4.78 is 41.3. The molecule has 1 aliphatic heterocycles. The molecule has 2 aliphatic rings. The van der Waals surface area contributed by atoms with Gasteiger partial charge in [0.1, 0.15) is 0 Å². The fraction of sp³-hybridized carbons (Fsp3) is 0.444. The number of halogens is 3. The molecule has 1 saturated heterocycles. The molecule has 9 heteroatoms. The number of alkyl halides is 3. The van der Waals surface area contributed by atoms with E-state index in [4.69, 9.17) is 0 Å². The van der Waals surface area contributed by atoms with Crippen molar-refractivity contribution in [3.05, 3.63) is 63.7 Å². The van der Waals surface area contributed by atoms with Gasteiger partial charge in [-0.2, -0.15) is 18.2 Å². The quantitative estimate of drug-likeness (QED) is 0.422. The zero-order valence-electron chi connectivity index (χ0n) is 20.0. The third kappa shape index (κ3) is 5.78. The summed E-state index contributed by atoms with van der Waals surface area (Å²) in [5.41, 5.74) is -0.515. The number of pyridine rings is 1. The number of anilines is 1. The minimum atomic E-state index is -4.56. The van der Waals surface area contributed by atoms with E-state index in [0.717, 1.165) is 50.8 Å². The minimum Gasteiger partial charge on any atom is -0.345 e. The minimum absolute atomic E-state index is 0.00446. The van der Waals surface area contributed by atoms with E-state index in [2.05, 4.69) is 19.8 Å². The summed E-state index contributed by atoms with van der Waals surface area (Å²) in [7, 11) is 0. The Morgan fingerprint density at radius 2 is 1.81 bits per heavy atom. The molecule has 5 nitrogen and oxygen atoms in total. The molecule has 0 radical (unpaired) electrons. The molecule has 2 aromatic heterocycles. The van der Waals surface area contributed by atoms with Gasteiger partial charge in [0.2, 0.25) is 0 Å². The van der Waals surface area contributed by atoms with Crippen LogP contribution in [0.1, 0.15) is 48.9 Å². The molecule has 3 aromatic rings. The lowest BCUT2D eigenvalue weighted by atomic mass is 9.89. The van der Waals surface area contributed by atoms with E-state index < -0.39 is 17.3 Å². The first-order chi connectivity index (χ1) is 17.4. The zero-order valence-corrected chi connectivity index (χ0v) is 20.8. The van der Waals surface area contributed by atoms with E-state index in [1.807, 2.05) is 6.07 Å². The number of nitrogens with zero attached hydrogens (tertiary/aromatic N) is 4. The van der Waals surface area contributed by atoms with E-state index in [-0.39, 0.29) is 5.39 Å². The van der Waals surface area contributed by atoms with Crippen LogP contribution in [0, 0.1) is 5.92 Å². The van der Waals surface area contributed by atoms with Crippen molar-refractivity contribution in [1.82, 2.24) is 14.9 Å². The Morgan fingerprint density at radius 3 is 2.50 bits per heavy atom. The Kier molecular flexibility index (Phi) is 7.39. The van der Waals surface area contributed by atoms with Crippen LogP contribution in [-0.4, -0.2) is 47.6 Å². The summed E-state index contributed by atoms with van der Waals surface area (Å²) in [4.78, 5) is 25.9. The molecule has 5 rings (SSSR count). The first-order valence-electron chi connectivity index (χ1n) is 12.5. The lowest BCUT2D eigenvalue weighted by Gasteiger charge is -2.37. The average Bonchev–Trinajstić information content (AvgIpc) is 2.88. The summed E-state index contributed by atoms with van der Waals surface area (Å²) in [5.74, 6) is 0.774. The molecule has 0 amide bonds. The van der Waals surface area contributed by atoms with Gasteiger partial charge in [-0.1, -0.05) is 42.7 Å². The van der Waals surface area contributed by atoms with Crippen LogP contribution in [0.25, 0.3) is 22.2 Å². The summed E-state index contributed by atoms with van der Waals surface area (Å²) in [6, 6.07) is 7.38. The molecule has 1 aromatic carbocycles. The van der Waals surface area contributed by atoms with E-state index in [0.29, 0.717) is 21.1 Å². The molecule has 0 spiro atoms. The molecular formula is C27H29F3N4OS. The second-order valence-electron chi connectivity index (χ2n) is 9.62. The Labute approximate surface area is 212 Å². The molecule has 0 N–H and O–H groups in total. The van der Waals surface area contributed by atoms with E-state index in [9.17, 15) is 18.0 Å². The van der Waals surface area contributed by atoms with Gasteiger partial charge in [0.25, 0.3) is 5.56 Å². The van der Waals surface area contributed by atoms with E-state index in [1.54, 1.807) is 30.5 Å². The average molecular weight is 515 g/mol. The van der Waals surface area contributed by atoms with E-state index in [1.165, 1.54) is 43.4 Å². The van der Waals surface area contributed by atoms with Gasteiger partial charge >= 0.3 is 6.18 Å². The van der Waals surface area contributed by atoms with Crippen LogP contribution in [0.15, 0.2) is 41.3 Å². The smallest absolute Gasteiger partial charge is 0.345 e. The van der Waals surface area contributed by atoms with Crippen molar-refractivity contribution < 1.29 is 13.2 Å². The van der Waals surface area contributed by atoms with Crippen molar-refractivity contribution in [3.8, 4) is 0 Å². The molecule has 3 heterocycles. The SMILES string of the molecule is O=c1nc(N2CCN(CC3CCCCC3)CC2)sc2c(/C=C/c3ccccn3)cc(C(F)(F)F)cc12. The summed E-state index contributed by atoms with van der Waals surface area (Å²) in [5, 5.41) is 0.562. The molecule has 36 heavy (non-hydrogen) atoms. The van der Waals surface area contributed by atoms with Gasteiger partial charge in [0, 0.05) is 38.9 Å². The highest BCUT2D eigenvalue weighted by molar-refractivity contribution is 7.22. The maximum Gasteiger partial charge on any atom is 0.416 e.